The Morgan fingerprint density at radius 3 is 2.80 bits per heavy atom. The third-order valence-electron chi connectivity index (χ3n) is 4.04. The molecule has 3 rings (SSSR count). The van der Waals surface area contributed by atoms with Gasteiger partial charge in [-0.05, 0) is 49.9 Å². The van der Waals surface area contributed by atoms with E-state index in [0.29, 0.717) is 10.4 Å². The van der Waals surface area contributed by atoms with Crippen LogP contribution in [0.3, 0.4) is 0 Å². The van der Waals surface area contributed by atoms with E-state index in [0.717, 1.165) is 33.0 Å². The van der Waals surface area contributed by atoms with Gasteiger partial charge in [0.1, 0.15) is 11.3 Å². The number of fused-ring (bicyclic) bond motifs is 1. The molecule has 0 atom stereocenters. The smallest absolute Gasteiger partial charge is 0.279 e. The summed E-state index contributed by atoms with van der Waals surface area (Å²) in [5, 5.41) is 0. The molecule has 2 aromatic carbocycles. The van der Waals surface area contributed by atoms with Crippen LogP contribution in [0.5, 0.6) is 5.75 Å². The van der Waals surface area contributed by atoms with Gasteiger partial charge < -0.3 is 9.30 Å². The van der Waals surface area contributed by atoms with E-state index in [9.17, 15) is 4.79 Å². The highest BCUT2D eigenvalue weighted by Crippen LogP contribution is 2.30. The second kappa shape index (κ2) is 7.45. The minimum absolute atomic E-state index is 0.221. The van der Waals surface area contributed by atoms with Crippen molar-refractivity contribution in [2.24, 2.45) is 4.99 Å². The first kappa shape index (κ1) is 17.8. The molecular formula is C19H20N2O2S2. The predicted octanol–water partition coefficient (Wildman–Crippen LogP) is 4.50. The second-order valence-corrected chi connectivity index (χ2v) is 7.40. The maximum Gasteiger partial charge on any atom is 0.279 e. The summed E-state index contributed by atoms with van der Waals surface area (Å²) >= 11 is 3.14. The first-order valence-corrected chi connectivity index (χ1v) is 10.0. The highest BCUT2D eigenvalue weighted by molar-refractivity contribution is 7.98. The summed E-state index contributed by atoms with van der Waals surface area (Å²) < 4.78 is 8.66. The largest absolute Gasteiger partial charge is 0.495 e. The molecule has 1 amide bonds. The Bertz CT molecular complexity index is 1000. The molecule has 0 radical (unpaired) electrons. The van der Waals surface area contributed by atoms with Crippen molar-refractivity contribution >= 4 is 39.2 Å². The number of nitrogens with zero attached hydrogens (tertiary/aromatic N) is 2. The number of aromatic nitrogens is 1. The van der Waals surface area contributed by atoms with Gasteiger partial charge in [0.05, 0.1) is 11.8 Å². The fourth-order valence-corrected chi connectivity index (χ4v) is 4.37. The molecule has 130 valence electrons. The molecule has 3 aromatic rings. The van der Waals surface area contributed by atoms with Crippen LogP contribution in [0.2, 0.25) is 0 Å². The summed E-state index contributed by atoms with van der Waals surface area (Å²) in [7, 11) is 1.66. The second-order valence-electron chi connectivity index (χ2n) is 5.54. The Morgan fingerprint density at radius 1 is 1.32 bits per heavy atom. The number of carbonyl (C=O) groups is 1. The molecule has 6 heteroatoms. The van der Waals surface area contributed by atoms with Crippen molar-refractivity contribution in [3.8, 4) is 5.75 Å². The van der Waals surface area contributed by atoms with Gasteiger partial charge in [0.2, 0.25) is 0 Å². The van der Waals surface area contributed by atoms with Crippen molar-refractivity contribution in [2.75, 3.05) is 13.4 Å². The van der Waals surface area contributed by atoms with Crippen molar-refractivity contribution < 1.29 is 9.53 Å². The van der Waals surface area contributed by atoms with E-state index in [4.69, 9.17) is 4.74 Å². The van der Waals surface area contributed by atoms with Crippen molar-refractivity contribution in [3.63, 3.8) is 0 Å². The minimum atomic E-state index is -0.221. The van der Waals surface area contributed by atoms with E-state index in [1.807, 2.05) is 48.1 Å². The topological polar surface area (TPSA) is 43.6 Å². The maximum atomic E-state index is 12.7. The summed E-state index contributed by atoms with van der Waals surface area (Å²) in [4.78, 5) is 18.8. The number of hydrogen-bond donors (Lipinski definition) is 0. The van der Waals surface area contributed by atoms with Crippen molar-refractivity contribution in [2.45, 2.75) is 25.3 Å². The van der Waals surface area contributed by atoms with E-state index in [1.54, 1.807) is 24.9 Å². The number of carbonyl (C=O) groups excluding carboxylic acids is 1. The normalized spacial score (nSPS) is 11.9. The number of rotatable bonds is 4. The lowest BCUT2D eigenvalue weighted by atomic mass is 10.2. The van der Waals surface area contributed by atoms with Crippen LogP contribution in [0.15, 0.2) is 46.3 Å². The van der Waals surface area contributed by atoms with E-state index in [-0.39, 0.29) is 5.91 Å². The number of methoxy groups -OCH3 is 1. The number of ether oxygens (including phenoxy) is 1. The average molecular weight is 373 g/mol. The third-order valence-corrected chi connectivity index (χ3v) is 5.97. The summed E-state index contributed by atoms with van der Waals surface area (Å²) in [6.45, 7) is 4.83. The molecule has 0 spiro atoms. The molecule has 0 fully saturated rings. The maximum absolute atomic E-state index is 12.7. The first-order valence-electron chi connectivity index (χ1n) is 7.99. The van der Waals surface area contributed by atoms with Crippen LogP contribution in [-0.4, -0.2) is 23.8 Å². The summed E-state index contributed by atoms with van der Waals surface area (Å²) in [6, 6.07) is 11.6. The Labute approximate surface area is 155 Å². The Hall–Kier alpha value is -2.05. The van der Waals surface area contributed by atoms with Crippen molar-refractivity contribution in [1.82, 2.24) is 4.57 Å². The van der Waals surface area contributed by atoms with E-state index < -0.39 is 0 Å². The van der Waals surface area contributed by atoms with Gasteiger partial charge in [0.15, 0.2) is 4.80 Å². The lowest BCUT2D eigenvalue weighted by Crippen LogP contribution is -2.16. The summed E-state index contributed by atoms with van der Waals surface area (Å²) in [5.74, 6) is 0.582. The molecule has 25 heavy (non-hydrogen) atoms. The zero-order chi connectivity index (χ0) is 18.0. The van der Waals surface area contributed by atoms with Crippen LogP contribution in [0.1, 0.15) is 22.8 Å². The zero-order valence-electron chi connectivity index (χ0n) is 14.7. The van der Waals surface area contributed by atoms with Gasteiger partial charge in [-0.15, -0.1) is 11.8 Å². The highest BCUT2D eigenvalue weighted by atomic mass is 32.2. The number of benzene rings is 2. The van der Waals surface area contributed by atoms with Crippen LogP contribution in [0.25, 0.3) is 10.2 Å². The first-order chi connectivity index (χ1) is 12.1. The zero-order valence-corrected chi connectivity index (χ0v) is 16.3. The van der Waals surface area contributed by atoms with Gasteiger partial charge >= 0.3 is 0 Å². The molecule has 4 nitrogen and oxygen atoms in total. The molecule has 0 bridgehead atoms. The Kier molecular flexibility index (Phi) is 5.30. The van der Waals surface area contributed by atoms with Crippen LogP contribution < -0.4 is 9.54 Å². The molecule has 0 aliphatic carbocycles. The third kappa shape index (κ3) is 3.37. The van der Waals surface area contributed by atoms with Crippen LogP contribution in [0.4, 0.5) is 0 Å². The van der Waals surface area contributed by atoms with Crippen molar-refractivity contribution in [3.05, 3.63) is 52.3 Å². The minimum Gasteiger partial charge on any atom is -0.495 e. The van der Waals surface area contributed by atoms with Crippen LogP contribution in [-0.2, 0) is 6.54 Å². The molecule has 0 unspecified atom stereocenters. The standard InChI is InChI=1S/C19H20N2O2S2/c1-5-21-16-15(23-3)10-9-12(2)17(16)25-19(21)20-18(22)13-7-6-8-14(11-13)24-4/h6-11H,5H2,1-4H3. The van der Waals surface area contributed by atoms with E-state index in [2.05, 4.69) is 11.9 Å². The molecule has 1 heterocycles. The number of thioether (sulfide) groups is 1. The highest BCUT2D eigenvalue weighted by Gasteiger charge is 2.14. The van der Waals surface area contributed by atoms with Gasteiger partial charge in [0.25, 0.3) is 5.91 Å². The fourth-order valence-electron chi connectivity index (χ4n) is 2.73. The number of thiazole rings is 1. The number of aryl methyl sites for hydroxylation is 2. The van der Waals surface area contributed by atoms with Gasteiger partial charge in [0, 0.05) is 17.0 Å². The van der Waals surface area contributed by atoms with Crippen LogP contribution in [0, 0.1) is 6.92 Å². The molecule has 1 aromatic heterocycles. The molecule has 0 aliphatic heterocycles. The average Bonchev–Trinajstić information content (AvgIpc) is 3.01. The number of hydrogen-bond acceptors (Lipinski definition) is 4. The summed E-state index contributed by atoms with van der Waals surface area (Å²) in [5.41, 5.74) is 2.76. The Morgan fingerprint density at radius 2 is 2.12 bits per heavy atom. The van der Waals surface area contributed by atoms with E-state index in [1.165, 1.54) is 11.3 Å². The molecule has 0 N–H and O–H groups in total. The fraction of sp³-hybridized carbons (Fsp3) is 0.263. The van der Waals surface area contributed by atoms with Gasteiger partial charge in [-0.25, -0.2) is 0 Å². The predicted molar refractivity (Wildman–Crippen MR) is 105 cm³/mol. The Balaban J connectivity index is 2.19. The monoisotopic (exact) mass is 372 g/mol. The SMILES string of the molecule is CCn1c(=NC(=O)c2cccc(SC)c2)sc2c(C)ccc(OC)c21. The quantitative estimate of drug-likeness (QED) is 0.633. The lowest BCUT2D eigenvalue weighted by molar-refractivity contribution is 0.0997. The number of amides is 1. The lowest BCUT2D eigenvalue weighted by Gasteiger charge is -2.07. The molecule has 0 saturated heterocycles. The molecular weight excluding hydrogens is 352 g/mol. The van der Waals surface area contributed by atoms with Crippen LogP contribution >= 0.6 is 23.1 Å². The van der Waals surface area contributed by atoms with Gasteiger partial charge in [-0.2, -0.15) is 4.99 Å². The van der Waals surface area contributed by atoms with Gasteiger partial charge in [-0.1, -0.05) is 23.5 Å². The summed E-state index contributed by atoms with van der Waals surface area (Å²) in [6.07, 6.45) is 1.99. The molecule has 0 aliphatic rings. The van der Waals surface area contributed by atoms with Gasteiger partial charge in [-0.3, -0.25) is 4.79 Å². The van der Waals surface area contributed by atoms with E-state index >= 15 is 0 Å². The molecule has 0 saturated carbocycles. The van der Waals surface area contributed by atoms with Crippen molar-refractivity contribution in [1.29, 1.82) is 0 Å².